The Bertz CT molecular complexity index is 197. The second kappa shape index (κ2) is 5.41. The van der Waals surface area contributed by atoms with E-state index in [1.165, 1.54) is 0 Å². The van der Waals surface area contributed by atoms with Crippen molar-refractivity contribution in [2.24, 2.45) is 5.73 Å². The summed E-state index contributed by atoms with van der Waals surface area (Å²) in [6, 6.07) is 1.99. The molecular weight excluding hydrogens is 185 g/mol. The molecule has 3 nitrogen and oxygen atoms in total. The quantitative estimate of drug-likeness (QED) is 0.719. The second-order valence-electron chi connectivity index (χ2n) is 2.26. The Morgan fingerprint density at radius 3 is 2.27 bits per heavy atom. The van der Waals surface area contributed by atoms with E-state index in [1.807, 2.05) is 19.9 Å². The molecule has 1 atom stereocenters. The van der Waals surface area contributed by atoms with Crippen molar-refractivity contribution in [2.75, 3.05) is 0 Å². The SMILES string of the molecule is Cc1cc(C(C)N)n[nH]1.Cl.Cl. The number of hydrogen-bond acceptors (Lipinski definition) is 2. The van der Waals surface area contributed by atoms with Crippen molar-refractivity contribution < 1.29 is 0 Å². The molecule has 1 heterocycles. The van der Waals surface area contributed by atoms with Crippen molar-refractivity contribution in [3.63, 3.8) is 0 Å². The number of aromatic amines is 1. The third kappa shape index (κ3) is 3.60. The van der Waals surface area contributed by atoms with Gasteiger partial charge in [-0.1, -0.05) is 0 Å². The summed E-state index contributed by atoms with van der Waals surface area (Å²) in [5, 5.41) is 6.79. The first-order valence-corrected chi connectivity index (χ1v) is 2.97. The highest BCUT2D eigenvalue weighted by molar-refractivity contribution is 5.85. The highest BCUT2D eigenvalue weighted by atomic mass is 35.5. The monoisotopic (exact) mass is 197 g/mol. The highest BCUT2D eigenvalue weighted by Gasteiger charge is 2.00. The summed E-state index contributed by atoms with van der Waals surface area (Å²) in [7, 11) is 0. The third-order valence-electron chi connectivity index (χ3n) is 1.19. The Morgan fingerprint density at radius 2 is 2.09 bits per heavy atom. The first-order chi connectivity index (χ1) is 4.20. The van der Waals surface area contributed by atoms with E-state index in [0.717, 1.165) is 11.4 Å². The molecule has 0 saturated carbocycles. The molecule has 1 rings (SSSR count). The zero-order valence-corrected chi connectivity index (χ0v) is 8.13. The summed E-state index contributed by atoms with van der Waals surface area (Å²) >= 11 is 0. The Hall–Kier alpha value is -0.250. The predicted octanol–water partition coefficient (Wildman–Crippen LogP) is 1.58. The van der Waals surface area contributed by atoms with E-state index in [0.29, 0.717) is 0 Å². The Balaban J connectivity index is 0. The van der Waals surface area contributed by atoms with E-state index < -0.39 is 0 Å². The van der Waals surface area contributed by atoms with Crippen molar-refractivity contribution in [2.45, 2.75) is 19.9 Å². The minimum atomic E-state index is 0. The molecule has 0 bridgehead atoms. The topological polar surface area (TPSA) is 54.7 Å². The normalized spacial score (nSPS) is 11.2. The molecule has 0 fully saturated rings. The number of aromatic nitrogens is 2. The molecule has 0 radical (unpaired) electrons. The summed E-state index contributed by atoms with van der Waals surface area (Å²) in [6.45, 7) is 3.87. The number of nitrogens with one attached hydrogen (secondary N) is 1. The number of nitrogens with zero attached hydrogens (tertiary/aromatic N) is 1. The first-order valence-electron chi connectivity index (χ1n) is 2.97. The maximum Gasteiger partial charge on any atom is 0.0789 e. The smallest absolute Gasteiger partial charge is 0.0789 e. The van der Waals surface area contributed by atoms with Crippen LogP contribution in [0.5, 0.6) is 0 Å². The van der Waals surface area contributed by atoms with Gasteiger partial charge < -0.3 is 5.73 Å². The molecule has 5 heteroatoms. The molecule has 0 aliphatic carbocycles. The van der Waals surface area contributed by atoms with Crippen LogP contribution in [-0.4, -0.2) is 10.2 Å². The number of hydrogen-bond donors (Lipinski definition) is 2. The molecular formula is C6H13Cl2N3. The van der Waals surface area contributed by atoms with Crippen molar-refractivity contribution >= 4 is 24.8 Å². The molecule has 0 aromatic carbocycles. The van der Waals surface area contributed by atoms with Gasteiger partial charge in [0.15, 0.2) is 0 Å². The van der Waals surface area contributed by atoms with Crippen LogP contribution in [0.1, 0.15) is 24.4 Å². The number of aryl methyl sites for hydroxylation is 1. The number of halogens is 2. The molecule has 11 heavy (non-hydrogen) atoms. The van der Waals surface area contributed by atoms with E-state index in [1.54, 1.807) is 0 Å². The summed E-state index contributed by atoms with van der Waals surface area (Å²) in [6.07, 6.45) is 0. The van der Waals surface area contributed by atoms with Gasteiger partial charge in [-0.05, 0) is 19.9 Å². The molecule has 0 aliphatic rings. The average molecular weight is 198 g/mol. The fraction of sp³-hybridized carbons (Fsp3) is 0.500. The summed E-state index contributed by atoms with van der Waals surface area (Å²) in [5.41, 5.74) is 7.53. The zero-order chi connectivity index (χ0) is 6.85. The molecule has 3 N–H and O–H groups in total. The van der Waals surface area contributed by atoms with Gasteiger partial charge in [0.25, 0.3) is 0 Å². The van der Waals surface area contributed by atoms with Gasteiger partial charge in [-0.2, -0.15) is 5.10 Å². The standard InChI is InChI=1S/C6H11N3.2ClH/c1-4-3-6(5(2)7)9-8-4;;/h3,5H,7H2,1-2H3,(H,8,9);2*1H. The number of rotatable bonds is 1. The van der Waals surface area contributed by atoms with Gasteiger partial charge in [-0.25, -0.2) is 0 Å². The van der Waals surface area contributed by atoms with Gasteiger partial charge >= 0.3 is 0 Å². The third-order valence-corrected chi connectivity index (χ3v) is 1.19. The van der Waals surface area contributed by atoms with E-state index in [9.17, 15) is 0 Å². The maximum absolute atomic E-state index is 5.54. The molecule has 0 spiro atoms. The Morgan fingerprint density at radius 1 is 1.55 bits per heavy atom. The lowest BCUT2D eigenvalue weighted by atomic mass is 10.2. The van der Waals surface area contributed by atoms with Crippen LogP contribution in [-0.2, 0) is 0 Å². The molecule has 0 saturated heterocycles. The molecule has 66 valence electrons. The largest absolute Gasteiger partial charge is 0.323 e. The maximum atomic E-state index is 5.54. The lowest BCUT2D eigenvalue weighted by Gasteiger charge is -1.95. The van der Waals surface area contributed by atoms with Crippen LogP contribution in [0, 0.1) is 6.92 Å². The molecule has 1 aromatic heterocycles. The van der Waals surface area contributed by atoms with Gasteiger partial charge in [-0.15, -0.1) is 24.8 Å². The molecule has 1 aromatic rings. The van der Waals surface area contributed by atoms with Crippen LogP contribution >= 0.6 is 24.8 Å². The summed E-state index contributed by atoms with van der Waals surface area (Å²) in [4.78, 5) is 0. The Labute approximate surface area is 78.6 Å². The number of H-pyrrole nitrogens is 1. The number of nitrogens with two attached hydrogens (primary N) is 1. The fourth-order valence-electron chi connectivity index (χ4n) is 0.672. The van der Waals surface area contributed by atoms with Crippen molar-refractivity contribution in [1.82, 2.24) is 10.2 Å². The van der Waals surface area contributed by atoms with Gasteiger partial charge in [0, 0.05) is 11.7 Å². The van der Waals surface area contributed by atoms with Gasteiger partial charge in [0.05, 0.1) is 5.69 Å². The fourth-order valence-corrected chi connectivity index (χ4v) is 0.672. The molecule has 0 amide bonds. The Kier molecular flexibility index (Phi) is 6.56. The zero-order valence-electron chi connectivity index (χ0n) is 6.50. The highest BCUT2D eigenvalue weighted by Crippen LogP contribution is 2.05. The van der Waals surface area contributed by atoms with Crippen LogP contribution < -0.4 is 5.73 Å². The average Bonchev–Trinajstić information content (AvgIpc) is 2.14. The van der Waals surface area contributed by atoms with E-state index in [2.05, 4.69) is 10.2 Å². The van der Waals surface area contributed by atoms with E-state index in [4.69, 9.17) is 5.73 Å². The van der Waals surface area contributed by atoms with Gasteiger partial charge in [0.2, 0.25) is 0 Å². The minimum Gasteiger partial charge on any atom is -0.323 e. The van der Waals surface area contributed by atoms with Crippen molar-refractivity contribution in [1.29, 1.82) is 0 Å². The van der Waals surface area contributed by atoms with E-state index in [-0.39, 0.29) is 30.9 Å². The molecule has 0 aliphatic heterocycles. The minimum absolute atomic E-state index is 0. The van der Waals surface area contributed by atoms with Crippen LogP contribution in [0.2, 0.25) is 0 Å². The second-order valence-corrected chi connectivity index (χ2v) is 2.26. The summed E-state index contributed by atoms with van der Waals surface area (Å²) < 4.78 is 0. The van der Waals surface area contributed by atoms with Crippen LogP contribution in [0.3, 0.4) is 0 Å². The van der Waals surface area contributed by atoms with Gasteiger partial charge in [0.1, 0.15) is 0 Å². The predicted molar refractivity (Wildman–Crippen MR) is 50.4 cm³/mol. The van der Waals surface area contributed by atoms with E-state index >= 15 is 0 Å². The van der Waals surface area contributed by atoms with Gasteiger partial charge in [-0.3, -0.25) is 5.10 Å². The van der Waals surface area contributed by atoms with Crippen LogP contribution in [0.25, 0.3) is 0 Å². The van der Waals surface area contributed by atoms with Crippen molar-refractivity contribution in [3.05, 3.63) is 17.5 Å². The van der Waals surface area contributed by atoms with Crippen LogP contribution in [0.15, 0.2) is 6.07 Å². The lowest BCUT2D eigenvalue weighted by molar-refractivity contribution is 0.772. The lowest BCUT2D eigenvalue weighted by Crippen LogP contribution is -2.04. The summed E-state index contributed by atoms with van der Waals surface area (Å²) in [5.74, 6) is 0. The molecule has 1 unspecified atom stereocenters. The first kappa shape index (κ1) is 13.3. The van der Waals surface area contributed by atoms with Crippen molar-refractivity contribution in [3.8, 4) is 0 Å². The van der Waals surface area contributed by atoms with Crippen LogP contribution in [0.4, 0.5) is 0 Å².